The second-order valence-electron chi connectivity index (χ2n) is 13.6. The van der Waals surface area contributed by atoms with Crippen LogP contribution in [0.5, 0.6) is 5.75 Å². The zero-order valence-electron chi connectivity index (χ0n) is 30.2. The summed E-state index contributed by atoms with van der Waals surface area (Å²) in [6, 6.07) is 28.0. The number of fused-ring (bicyclic) bond motifs is 6. The molecule has 312 valence electrons. The first kappa shape index (κ1) is 41.6. The highest BCUT2D eigenvalue weighted by Crippen LogP contribution is 2.56. The van der Waals surface area contributed by atoms with Gasteiger partial charge in [0, 0.05) is 35.3 Å². The highest BCUT2D eigenvalue weighted by molar-refractivity contribution is 5.90. The topological polar surface area (TPSA) is 85.9 Å². The Morgan fingerprint density at radius 1 is 0.517 bits per heavy atom. The average Bonchev–Trinajstić information content (AvgIpc) is 3.70. The number of nitrogens with one attached hydrogen (secondary N) is 2. The van der Waals surface area contributed by atoms with Crippen LogP contribution in [0.25, 0.3) is 22.3 Å². The van der Waals surface area contributed by atoms with Gasteiger partial charge in [-0.05, 0) is 50.6 Å². The first-order valence-corrected chi connectivity index (χ1v) is 17.6. The Morgan fingerprint density at radius 2 is 0.867 bits per heavy atom. The first-order chi connectivity index (χ1) is 28.3. The molecule has 0 atom stereocenters. The van der Waals surface area contributed by atoms with E-state index in [1.165, 1.54) is 0 Å². The number of anilines is 2. The van der Waals surface area contributed by atoms with Crippen LogP contribution < -0.4 is 15.4 Å². The SMILES string of the molecule is O=C(Nc1cc(NC(=O)OCC2c3ccccc3-c3ccccc32)cc(OC(F)=C(F)C(F)(F)C(F)(F)C(F)(F)C(F)(F)F)c1)OCC1c2ccccc2-c2ccccc21. The van der Waals surface area contributed by atoms with E-state index in [4.69, 9.17) is 9.47 Å². The van der Waals surface area contributed by atoms with E-state index < -0.39 is 76.9 Å². The quantitative estimate of drug-likeness (QED) is 0.102. The van der Waals surface area contributed by atoms with Gasteiger partial charge >= 0.3 is 42.1 Å². The van der Waals surface area contributed by atoms with Crippen molar-refractivity contribution in [1.82, 2.24) is 0 Å². The summed E-state index contributed by atoms with van der Waals surface area (Å²) in [6.07, 6.45) is -9.69. The summed E-state index contributed by atoms with van der Waals surface area (Å²) in [5, 5.41) is 4.40. The smallest absolute Gasteiger partial charge is 0.448 e. The number of carbonyl (C=O) groups excluding carboxylic acids is 2. The molecule has 7 rings (SSSR count). The largest absolute Gasteiger partial charge is 0.460 e. The molecule has 2 aliphatic rings. The molecule has 0 aliphatic heterocycles. The highest BCUT2D eigenvalue weighted by atomic mass is 19.4. The van der Waals surface area contributed by atoms with E-state index in [0.29, 0.717) is 12.1 Å². The normalized spacial score (nSPS) is 14.3. The molecule has 2 aliphatic carbocycles. The van der Waals surface area contributed by atoms with Gasteiger partial charge in [-0.1, -0.05) is 97.1 Å². The molecule has 2 amide bonds. The minimum atomic E-state index is -7.55. The molecule has 0 heterocycles. The van der Waals surface area contributed by atoms with Crippen molar-refractivity contribution in [2.75, 3.05) is 23.8 Å². The molecular weight excluding hydrogens is 821 g/mol. The molecule has 5 aromatic rings. The number of amides is 2. The van der Waals surface area contributed by atoms with Crippen molar-refractivity contribution in [3.05, 3.63) is 149 Å². The summed E-state index contributed by atoms with van der Waals surface area (Å²) in [5.74, 6) is -28.4. The molecule has 0 saturated carbocycles. The summed E-state index contributed by atoms with van der Waals surface area (Å²) in [5.41, 5.74) is 5.90. The van der Waals surface area contributed by atoms with Crippen molar-refractivity contribution < 1.29 is 72.1 Å². The van der Waals surface area contributed by atoms with E-state index in [9.17, 15) is 57.9 Å². The van der Waals surface area contributed by atoms with Gasteiger partial charge in [0.2, 0.25) is 5.83 Å². The van der Waals surface area contributed by atoms with Crippen molar-refractivity contribution in [2.45, 2.75) is 35.8 Å². The van der Waals surface area contributed by atoms with Crippen molar-refractivity contribution >= 4 is 23.6 Å². The Hall–Kier alpha value is -6.59. The maximum absolute atomic E-state index is 14.8. The van der Waals surface area contributed by atoms with E-state index in [-0.39, 0.29) is 13.2 Å². The molecule has 0 fully saturated rings. The Bertz CT molecular complexity index is 2280. The van der Waals surface area contributed by atoms with Crippen LogP contribution >= 0.6 is 0 Å². The zero-order valence-corrected chi connectivity index (χ0v) is 30.2. The lowest BCUT2D eigenvalue weighted by Crippen LogP contribution is -2.61. The summed E-state index contributed by atoms with van der Waals surface area (Å²) < 4.78 is 165. The van der Waals surface area contributed by atoms with Crippen LogP contribution in [0.15, 0.2) is 127 Å². The zero-order chi connectivity index (χ0) is 43.2. The second-order valence-corrected chi connectivity index (χ2v) is 13.6. The fourth-order valence-electron chi connectivity index (χ4n) is 7.09. The van der Waals surface area contributed by atoms with Gasteiger partial charge in [-0.15, -0.1) is 0 Å². The lowest BCUT2D eigenvalue weighted by molar-refractivity contribution is -0.392. The lowest BCUT2D eigenvalue weighted by Gasteiger charge is -2.32. The third-order valence-electron chi connectivity index (χ3n) is 9.89. The van der Waals surface area contributed by atoms with Crippen LogP contribution in [0, 0.1) is 0 Å². The molecule has 7 nitrogen and oxygen atoms in total. The van der Waals surface area contributed by atoms with Gasteiger partial charge in [0.25, 0.3) is 0 Å². The maximum Gasteiger partial charge on any atom is 0.460 e. The monoisotopic (exact) mass is 848 g/mol. The predicted molar refractivity (Wildman–Crippen MR) is 195 cm³/mol. The lowest BCUT2D eigenvalue weighted by atomic mass is 9.98. The van der Waals surface area contributed by atoms with Crippen molar-refractivity contribution in [3.63, 3.8) is 0 Å². The Morgan fingerprint density at radius 3 is 1.22 bits per heavy atom. The number of halogens is 11. The van der Waals surface area contributed by atoms with E-state index in [0.717, 1.165) is 50.6 Å². The number of benzene rings is 5. The van der Waals surface area contributed by atoms with E-state index >= 15 is 0 Å². The number of ether oxygens (including phenoxy) is 3. The summed E-state index contributed by atoms with van der Waals surface area (Å²) in [4.78, 5) is 26.1. The van der Waals surface area contributed by atoms with Crippen molar-refractivity contribution in [1.29, 1.82) is 0 Å². The van der Waals surface area contributed by atoms with Crippen molar-refractivity contribution in [2.24, 2.45) is 0 Å². The third kappa shape index (κ3) is 7.45. The van der Waals surface area contributed by atoms with Gasteiger partial charge in [0.15, 0.2) is 0 Å². The molecule has 0 aromatic heterocycles. The fraction of sp³-hybridized carbons (Fsp3) is 0.190. The Balaban J connectivity index is 1.13. The number of hydrogen-bond donors (Lipinski definition) is 2. The van der Waals surface area contributed by atoms with Gasteiger partial charge in [-0.25, -0.2) is 9.59 Å². The Kier molecular flexibility index (Phi) is 10.8. The van der Waals surface area contributed by atoms with E-state index in [1.54, 1.807) is 24.3 Å². The van der Waals surface area contributed by atoms with Gasteiger partial charge < -0.3 is 14.2 Å². The molecule has 2 N–H and O–H groups in total. The number of alkyl halides is 9. The van der Waals surface area contributed by atoms with Gasteiger partial charge in [-0.3, -0.25) is 10.6 Å². The van der Waals surface area contributed by atoms with Crippen LogP contribution in [0.3, 0.4) is 0 Å². The van der Waals surface area contributed by atoms with Crippen LogP contribution in [-0.2, 0) is 9.47 Å². The minimum Gasteiger partial charge on any atom is -0.448 e. The molecule has 18 heteroatoms. The predicted octanol–water partition coefficient (Wildman–Crippen LogP) is 12.4. The van der Waals surface area contributed by atoms with Crippen LogP contribution in [-0.4, -0.2) is 49.3 Å². The third-order valence-corrected chi connectivity index (χ3v) is 9.89. The summed E-state index contributed by atoms with van der Waals surface area (Å²) >= 11 is 0. The van der Waals surface area contributed by atoms with E-state index in [2.05, 4.69) is 15.4 Å². The van der Waals surface area contributed by atoms with Crippen molar-refractivity contribution in [3.8, 4) is 28.0 Å². The average molecular weight is 849 g/mol. The summed E-state index contributed by atoms with van der Waals surface area (Å²) in [6.45, 7) is -0.481. The number of rotatable bonds is 11. The van der Waals surface area contributed by atoms with Crippen LogP contribution in [0.4, 0.5) is 69.3 Å². The van der Waals surface area contributed by atoms with Gasteiger partial charge in [0.05, 0.1) is 0 Å². The van der Waals surface area contributed by atoms with Crippen LogP contribution in [0.2, 0.25) is 0 Å². The maximum atomic E-state index is 14.8. The second kappa shape index (κ2) is 15.5. The number of allylic oxidation sites excluding steroid dienone is 1. The van der Waals surface area contributed by atoms with Gasteiger partial charge in [-0.2, -0.15) is 48.3 Å². The molecule has 0 radical (unpaired) electrons. The molecule has 0 spiro atoms. The first-order valence-electron chi connectivity index (χ1n) is 17.6. The van der Waals surface area contributed by atoms with Crippen LogP contribution in [0.1, 0.15) is 34.1 Å². The fourth-order valence-corrected chi connectivity index (χ4v) is 7.09. The highest BCUT2D eigenvalue weighted by Gasteiger charge is 2.83. The molecule has 0 unspecified atom stereocenters. The molecule has 60 heavy (non-hydrogen) atoms. The summed E-state index contributed by atoms with van der Waals surface area (Å²) in [7, 11) is 0. The van der Waals surface area contributed by atoms with E-state index in [1.807, 2.05) is 72.8 Å². The molecule has 0 saturated heterocycles. The molecular formula is C42H27F11N2O5. The molecule has 5 aromatic carbocycles. The molecule has 0 bridgehead atoms. The minimum absolute atomic E-state index is 0.241. The standard InChI is InChI=1S/C42H27F11N2O5/c43-35(39(45,46)40(47,48)41(49,50)42(51,52)53)36(44)60-24-18-22(54-37(56)58-20-33-29-13-5-1-9-25(29)26-10-2-6-14-30(26)33)17-23(19-24)55-38(57)59-21-34-31-15-7-3-11-27(31)28-12-4-8-16-32(28)34/h1-19,33-34H,20-21H2,(H,54,56)(H,55,57). The Labute approximate surface area is 332 Å². The van der Waals surface area contributed by atoms with Gasteiger partial charge in [0.1, 0.15) is 19.0 Å². The number of carbonyl (C=O) groups is 2. The number of hydrogen-bond acceptors (Lipinski definition) is 5.